The van der Waals surface area contributed by atoms with Gasteiger partial charge < -0.3 is 19.6 Å². The zero-order valence-corrected chi connectivity index (χ0v) is 26.3. The van der Waals surface area contributed by atoms with E-state index in [9.17, 15) is 14.7 Å². The van der Waals surface area contributed by atoms with Crippen molar-refractivity contribution in [3.8, 4) is 17.0 Å². The molecule has 7 nitrogen and oxygen atoms in total. The van der Waals surface area contributed by atoms with Crippen molar-refractivity contribution in [3.63, 3.8) is 0 Å². The highest BCUT2D eigenvalue weighted by Gasteiger charge is 2.38. The monoisotopic (exact) mass is 585 g/mol. The molecule has 2 aromatic heterocycles. The Balaban J connectivity index is 1.56. The molecule has 0 unspecified atom stereocenters. The molecule has 0 atom stereocenters. The van der Waals surface area contributed by atoms with Crippen molar-refractivity contribution in [1.29, 1.82) is 0 Å². The van der Waals surface area contributed by atoms with Gasteiger partial charge in [0.15, 0.2) is 0 Å². The Morgan fingerprint density at radius 3 is 2.38 bits per heavy atom. The van der Waals surface area contributed by atoms with Gasteiger partial charge in [-0.1, -0.05) is 30.1 Å². The summed E-state index contributed by atoms with van der Waals surface area (Å²) in [5.41, 5.74) is 1.31. The van der Waals surface area contributed by atoms with Gasteiger partial charge in [-0.15, -0.1) is 11.3 Å². The van der Waals surface area contributed by atoms with E-state index in [-0.39, 0.29) is 34.3 Å². The third-order valence-corrected chi connectivity index (χ3v) is 9.42. The second kappa shape index (κ2) is 13.1. The van der Waals surface area contributed by atoms with Gasteiger partial charge in [0, 0.05) is 29.3 Å². The SMILES string of the molecule is CN(C)Cc1csc(OC2CCC(N(c3cc(C#CC(C)(C)C)sc3C(=O)O)C(=O)[C@H]3CC[C@H](C)CC3)CC2)n1. The van der Waals surface area contributed by atoms with Crippen LogP contribution < -0.4 is 9.64 Å². The van der Waals surface area contributed by atoms with E-state index in [1.165, 1.54) is 22.7 Å². The first kappa shape index (κ1) is 30.5. The fourth-order valence-corrected chi connectivity index (χ4v) is 7.09. The van der Waals surface area contributed by atoms with Crippen molar-refractivity contribution in [2.45, 2.75) is 97.8 Å². The van der Waals surface area contributed by atoms with Crippen LogP contribution in [0.15, 0.2) is 11.4 Å². The number of ether oxygens (including phenoxy) is 1. The number of carbonyl (C=O) groups excluding carboxylic acids is 1. The summed E-state index contributed by atoms with van der Waals surface area (Å²) in [5, 5.41) is 12.9. The van der Waals surface area contributed by atoms with Crippen LogP contribution in [0.25, 0.3) is 0 Å². The number of amides is 1. The third kappa shape index (κ3) is 8.08. The summed E-state index contributed by atoms with van der Waals surface area (Å²) in [4.78, 5) is 35.9. The van der Waals surface area contributed by atoms with Crippen LogP contribution in [0, 0.1) is 29.1 Å². The molecule has 4 rings (SSSR count). The first-order valence-electron chi connectivity index (χ1n) is 14.4. The van der Waals surface area contributed by atoms with Crippen LogP contribution in [0.2, 0.25) is 0 Å². The first-order chi connectivity index (χ1) is 18.9. The van der Waals surface area contributed by atoms with Crippen molar-refractivity contribution < 1.29 is 19.4 Å². The number of hydrogen-bond donors (Lipinski definition) is 1. The third-order valence-electron chi connectivity index (χ3n) is 7.61. The Morgan fingerprint density at radius 2 is 1.77 bits per heavy atom. The number of thiazole rings is 1. The minimum absolute atomic E-state index is 0.0386. The maximum Gasteiger partial charge on any atom is 0.348 e. The molecule has 218 valence electrons. The van der Waals surface area contributed by atoms with E-state index in [1.807, 2.05) is 51.2 Å². The summed E-state index contributed by atoms with van der Waals surface area (Å²) < 4.78 is 6.24. The molecule has 2 aromatic rings. The lowest BCUT2D eigenvalue weighted by Crippen LogP contribution is -2.47. The van der Waals surface area contributed by atoms with Crippen LogP contribution in [0.4, 0.5) is 5.69 Å². The normalized spacial score (nSPS) is 23.4. The largest absolute Gasteiger partial charge is 0.477 e. The Hall–Kier alpha value is -2.41. The highest BCUT2D eigenvalue weighted by Crippen LogP contribution is 2.39. The van der Waals surface area contributed by atoms with Gasteiger partial charge >= 0.3 is 5.97 Å². The Kier molecular flexibility index (Phi) is 9.97. The molecule has 0 bridgehead atoms. The molecule has 1 N–H and O–H groups in total. The Bertz CT molecular complexity index is 1230. The second-order valence-electron chi connectivity index (χ2n) is 12.7. The van der Waals surface area contributed by atoms with E-state index in [2.05, 4.69) is 28.6 Å². The Morgan fingerprint density at radius 1 is 1.10 bits per heavy atom. The van der Waals surface area contributed by atoms with Gasteiger partial charge in [0.05, 0.1) is 16.3 Å². The number of nitrogens with zero attached hydrogens (tertiary/aromatic N) is 3. The molecule has 0 aliphatic heterocycles. The maximum absolute atomic E-state index is 14.1. The van der Waals surface area contributed by atoms with E-state index in [1.54, 1.807) is 0 Å². The highest BCUT2D eigenvalue weighted by molar-refractivity contribution is 7.15. The predicted octanol–water partition coefficient (Wildman–Crippen LogP) is 6.91. The van der Waals surface area contributed by atoms with E-state index in [0.717, 1.165) is 63.6 Å². The van der Waals surface area contributed by atoms with Gasteiger partial charge in [-0.3, -0.25) is 4.79 Å². The molecule has 0 saturated heterocycles. The minimum Gasteiger partial charge on any atom is -0.477 e. The number of rotatable bonds is 8. The van der Waals surface area contributed by atoms with Crippen LogP contribution in [-0.2, 0) is 11.3 Å². The van der Waals surface area contributed by atoms with Crippen LogP contribution in [0.3, 0.4) is 0 Å². The lowest BCUT2D eigenvalue weighted by atomic mass is 9.81. The number of aromatic carboxylic acids is 1. The molecule has 0 aromatic carbocycles. The molecule has 1 amide bonds. The number of carboxylic acid groups (broad SMARTS) is 1. The molecule has 40 heavy (non-hydrogen) atoms. The molecule has 0 spiro atoms. The van der Waals surface area contributed by atoms with Crippen molar-refractivity contribution in [1.82, 2.24) is 9.88 Å². The molecule has 2 heterocycles. The number of carbonyl (C=O) groups is 2. The lowest BCUT2D eigenvalue weighted by molar-refractivity contribution is -0.124. The molecule has 2 aliphatic rings. The highest BCUT2D eigenvalue weighted by atomic mass is 32.1. The van der Waals surface area contributed by atoms with Crippen LogP contribution in [-0.4, -0.2) is 53.1 Å². The minimum atomic E-state index is -1.01. The topological polar surface area (TPSA) is 83.0 Å². The predicted molar refractivity (Wildman–Crippen MR) is 162 cm³/mol. The summed E-state index contributed by atoms with van der Waals surface area (Å²) in [6.07, 6.45) is 6.93. The number of hydrogen-bond acceptors (Lipinski definition) is 7. The second-order valence-corrected chi connectivity index (χ2v) is 14.6. The molecule has 2 aliphatic carbocycles. The fourth-order valence-electron chi connectivity index (χ4n) is 5.53. The van der Waals surface area contributed by atoms with Gasteiger partial charge in [-0.2, -0.15) is 0 Å². The van der Waals surface area contributed by atoms with Crippen molar-refractivity contribution in [2.75, 3.05) is 19.0 Å². The van der Waals surface area contributed by atoms with Crippen molar-refractivity contribution in [3.05, 3.63) is 26.9 Å². The smallest absolute Gasteiger partial charge is 0.348 e. The maximum atomic E-state index is 14.1. The fraction of sp³-hybridized carbons (Fsp3) is 0.645. The number of thiophene rings is 1. The van der Waals surface area contributed by atoms with Crippen molar-refractivity contribution in [2.24, 2.45) is 17.3 Å². The average Bonchev–Trinajstić information content (AvgIpc) is 3.50. The number of carboxylic acids is 1. The molecule has 2 saturated carbocycles. The van der Waals surface area contributed by atoms with Crippen LogP contribution in [0.1, 0.15) is 99.3 Å². The molecule has 0 radical (unpaired) electrons. The zero-order chi connectivity index (χ0) is 29.0. The van der Waals surface area contributed by atoms with Gasteiger partial charge in [-0.05, 0) is 98.2 Å². The first-order valence-corrected chi connectivity index (χ1v) is 16.1. The van der Waals surface area contributed by atoms with E-state index in [0.29, 0.717) is 21.7 Å². The lowest BCUT2D eigenvalue weighted by Gasteiger charge is -2.39. The van der Waals surface area contributed by atoms with Crippen LogP contribution in [0.5, 0.6) is 5.19 Å². The molecular weight excluding hydrogens is 542 g/mol. The zero-order valence-electron chi connectivity index (χ0n) is 24.7. The average molecular weight is 586 g/mol. The van der Waals surface area contributed by atoms with E-state index >= 15 is 0 Å². The van der Waals surface area contributed by atoms with E-state index in [4.69, 9.17) is 4.74 Å². The number of anilines is 1. The molecule has 9 heteroatoms. The van der Waals surface area contributed by atoms with Gasteiger partial charge in [0.25, 0.3) is 5.19 Å². The summed E-state index contributed by atoms with van der Waals surface area (Å²) in [6, 6.07) is 1.77. The summed E-state index contributed by atoms with van der Waals surface area (Å²) in [6.45, 7) is 9.11. The van der Waals surface area contributed by atoms with Gasteiger partial charge in [0.2, 0.25) is 5.91 Å². The standard InChI is InChI=1S/C31H43N3O4S2/c1-20-7-9-21(10-8-20)28(35)34(26-17-25(15-16-31(2,3)4)40-27(26)29(36)37)23-11-13-24(14-12-23)38-30-32-22(19-39-30)18-33(5)6/h17,19-21,23-24H,7-14,18H2,1-6H3,(H,36,37)/t20-,21-,23?,24?. The summed E-state index contributed by atoms with van der Waals surface area (Å²) in [7, 11) is 4.04. The van der Waals surface area contributed by atoms with Crippen LogP contribution >= 0.6 is 22.7 Å². The van der Waals surface area contributed by atoms with Crippen molar-refractivity contribution >= 4 is 40.2 Å². The quantitative estimate of drug-likeness (QED) is 0.339. The van der Waals surface area contributed by atoms with E-state index < -0.39 is 5.97 Å². The summed E-state index contributed by atoms with van der Waals surface area (Å²) >= 11 is 2.70. The molecule has 2 fully saturated rings. The number of aromatic nitrogens is 1. The molecular formula is C31H43N3O4S2. The Labute approximate surface area is 246 Å². The van der Waals surface area contributed by atoms with Gasteiger partial charge in [-0.25, -0.2) is 9.78 Å². The summed E-state index contributed by atoms with van der Waals surface area (Å²) in [5.74, 6) is 6.01. The van der Waals surface area contributed by atoms with Gasteiger partial charge in [0.1, 0.15) is 11.0 Å².